The van der Waals surface area contributed by atoms with Crippen LogP contribution in [0, 0.1) is 24.8 Å². The molecule has 264 valence electrons. The maximum atomic E-state index is 13.5. The highest BCUT2D eigenvalue weighted by Gasteiger charge is 2.10. The number of nitrogens with zero attached hydrogens (tertiary/aromatic N) is 8. The van der Waals surface area contributed by atoms with Crippen LogP contribution in [0.1, 0.15) is 50.7 Å². The minimum absolute atomic E-state index is 0. The zero-order chi connectivity index (χ0) is 36.9. The number of anilines is 2. The molecule has 0 bridgehead atoms. The summed E-state index contributed by atoms with van der Waals surface area (Å²) in [5, 5.41) is 18.6. The molecule has 0 spiro atoms. The number of amides is 1. The van der Waals surface area contributed by atoms with Crippen LogP contribution in [-0.2, 0) is 26.9 Å². The van der Waals surface area contributed by atoms with Crippen LogP contribution in [0.2, 0.25) is 0 Å². The minimum Gasteiger partial charge on any atom is -0.476 e. The van der Waals surface area contributed by atoms with E-state index < -0.39 is 17.6 Å². The monoisotopic (exact) mass is 704 g/mol. The number of carbonyl (C=O) groups excluding carboxylic acids is 1. The van der Waals surface area contributed by atoms with Gasteiger partial charge in [-0.15, -0.1) is 0 Å². The van der Waals surface area contributed by atoms with Crippen LogP contribution in [0.4, 0.5) is 31.8 Å². The first-order valence-corrected chi connectivity index (χ1v) is 14.9. The number of nitrogens with one attached hydrogen (secondary N) is 1. The van der Waals surface area contributed by atoms with E-state index in [9.17, 15) is 18.4 Å². The second kappa shape index (κ2) is 18.5. The molecule has 0 unspecified atom stereocenters. The van der Waals surface area contributed by atoms with Crippen molar-refractivity contribution in [3.8, 4) is 0 Å². The van der Waals surface area contributed by atoms with Gasteiger partial charge in [0.1, 0.15) is 23.3 Å². The van der Waals surface area contributed by atoms with E-state index in [0.717, 1.165) is 16.7 Å². The van der Waals surface area contributed by atoms with Gasteiger partial charge in [0.25, 0.3) is 5.91 Å². The normalized spacial score (nSPS) is 9.81. The quantitative estimate of drug-likeness (QED) is 0.149. The maximum Gasteiger partial charge on any atom is 0.356 e. The number of carboxylic acids is 1. The number of rotatable bonds is 7. The van der Waals surface area contributed by atoms with Crippen LogP contribution in [-0.4, -0.2) is 46.5 Å². The number of nitrogens with two attached hydrogens (primary N) is 1. The molecule has 0 aliphatic rings. The van der Waals surface area contributed by atoms with Gasteiger partial charge in [-0.05, 0) is 72.5 Å². The van der Waals surface area contributed by atoms with Crippen molar-refractivity contribution in [2.75, 3.05) is 11.1 Å². The molecule has 4 heterocycles. The van der Waals surface area contributed by atoms with E-state index in [-0.39, 0.29) is 24.7 Å². The van der Waals surface area contributed by atoms with Gasteiger partial charge in [-0.2, -0.15) is 10.2 Å². The van der Waals surface area contributed by atoms with Crippen LogP contribution in [0.5, 0.6) is 0 Å². The van der Waals surface area contributed by atoms with Crippen LogP contribution < -0.4 is 11.1 Å². The van der Waals surface area contributed by atoms with E-state index in [0.29, 0.717) is 41.4 Å². The van der Waals surface area contributed by atoms with Gasteiger partial charge in [0.2, 0.25) is 0 Å². The highest BCUT2D eigenvalue weighted by atomic mass is 19.1. The smallest absolute Gasteiger partial charge is 0.356 e. The van der Waals surface area contributed by atoms with Gasteiger partial charge in [0.15, 0.2) is 22.8 Å². The van der Waals surface area contributed by atoms with Gasteiger partial charge in [-0.1, -0.05) is 42.8 Å². The van der Waals surface area contributed by atoms with Gasteiger partial charge in [0.05, 0.1) is 13.1 Å². The Labute approximate surface area is 298 Å². The lowest BCUT2D eigenvalue weighted by Gasteiger charge is -2.06. The Bertz CT molecular complexity index is 2220. The number of carbonyl (C=O) groups is 2. The van der Waals surface area contributed by atoms with E-state index in [1.807, 2.05) is 6.07 Å². The Morgan fingerprint density at radius 1 is 0.750 bits per heavy atom. The van der Waals surface area contributed by atoms with Crippen molar-refractivity contribution in [2.45, 2.75) is 20.3 Å². The molecule has 52 heavy (non-hydrogen) atoms. The van der Waals surface area contributed by atoms with E-state index in [4.69, 9.17) is 24.0 Å². The van der Waals surface area contributed by atoms with Gasteiger partial charge < -0.3 is 16.2 Å². The van der Waals surface area contributed by atoms with Crippen LogP contribution in [0.3, 0.4) is 0 Å². The molecule has 4 aromatic heterocycles. The number of hydrogen-bond acceptors (Lipinski definition) is 7. The number of nitrogen functional groups attached to an aromatic ring is 1. The number of aromatic carboxylic acids is 1. The summed E-state index contributed by atoms with van der Waals surface area (Å²) in [7, 11) is 3.40. The summed E-state index contributed by atoms with van der Waals surface area (Å²) in [5.74, 6) is -1.30. The summed E-state index contributed by atoms with van der Waals surface area (Å²) in [5.41, 5.74) is 9.66. The molecule has 15 heteroatoms. The van der Waals surface area contributed by atoms with Gasteiger partial charge in [0, 0.05) is 38.9 Å². The third kappa shape index (κ3) is 12.0. The second-order valence-corrected chi connectivity index (χ2v) is 10.9. The third-order valence-corrected chi connectivity index (χ3v) is 6.75. The Kier molecular flexibility index (Phi) is 13.9. The van der Waals surface area contributed by atoms with Crippen molar-refractivity contribution in [3.05, 3.63) is 166 Å². The number of pyridine rings is 2. The number of benzene rings is 2. The van der Waals surface area contributed by atoms with Crippen molar-refractivity contribution in [3.63, 3.8) is 0 Å². The summed E-state index contributed by atoms with van der Waals surface area (Å²) in [6, 6.07) is 18.6. The summed E-state index contributed by atoms with van der Waals surface area (Å²) < 4.78 is 29.7. The number of halogens is 2. The number of aryl methyl sites for hydroxylation is 2. The molecule has 6 rings (SSSR count). The summed E-state index contributed by atoms with van der Waals surface area (Å²) >= 11 is 0. The first kappa shape index (κ1) is 39.2. The maximum absolute atomic E-state index is 13.5. The fraction of sp³-hybridized carbons (Fsp3) is 0.135. The molecule has 1 amide bonds. The molecule has 4 N–H and O–H groups in total. The lowest BCUT2D eigenvalue weighted by molar-refractivity contribution is 0.0689. The van der Waals surface area contributed by atoms with E-state index >= 15 is 0 Å². The number of aromatic nitrogens is 6. The minimum atomic E-state index is -0.990. The molecule has 0 saturated carbocycles. The molecule has 0 aliphatic heterocycles. The van der Waals surface area contributed by atoms with Gasteiger partial charge >= 0.3 is 5.97 Å². The second-order valence-electron chi connectivity index (χ2n) is 10.9. The average molecular weight is 705 g/mol. The molecule has 0 fully saturated rings. The zero-order valence-corrected chi connectivity index (χ0v) is 27.3. The predicted octanol–water partition coefficient (Wildman–Crippen LogP) is 7.05. The highest BCUT2D eigenvalue weighted by Crippen LogP contribution is 2.21. The van der Waals surface area contributed by atoms with Gasteiger partial charge in [-0.3, -0.25) is 14.2 Å². The topological polar surface area (TPSA) is 163 Å². The SMILES string of the molecule is C.Cn1ccc(C(=O)O)n1.[C-]#[N+]c1cc(F)cc(Cc2ccc(N)nc2)c1.[C-]#[N+]c1cc(F)cc(Cc2ccc(NC(=O)c3ccn(C)n3)nc2)c1. The lowest BCUT2D eigenvalue weighted by atomic mass is 10.1. The zero-order valence-electron chi connectivity index (χ0n) is 27.3. The van der Waals surface area contributed by atoms with E-state index in [1.54, 1.807) is 80.0 Å². The Hall–Kier alpha value is -7.26. The van der Waals surface area contributed by atoms with Crippen molar-refractivity contribution in [2.24, 2.45) is 14.1 Å². The van der Waals surface area contributed by atoms with Crippen molar-refractivity contribution < 1.29 is 23.5 Å². The van der Waals surface area contributed by atoms with E-state index in [1.165, 1.54) is 35.0 Å². The van der Waals surface area contributed by atoms with E-state index in [2.05, 4.69) is 35.2 Å². The van der Waals surface area contributed by atoms with Crippen molar-refractivity contribution in [1.82, 2.24) is 29.5 Å². The molecule has 0 radical (unpaired) electrons. The largest absolute Gasteiger partial charge is 0.476 e. The van der Waals surface area contributed by atoms with Crippen LogP contribution in [0.25, 0.3) is 9.69 Å². The summed E-state index contributed by atoms with van der Waals surface area (Å²) in [6.07, 6.45) is 7.51. The lowest BCUT2D eigenvalue weighted by Crippen LogP contribution is -2.14. The van der Waals surface area contributed by atoms with Crippen LogP contribution in [0.15, 0.2) is 97.6 Å². The number of carboxylic acid groups (broad SMARTS) is 1. The average Bonchev–Trinajstić information content (AvgIpc) is 3.75. The molecule has 0 saturated heterocycles. The standard InChI is InChI=1S/C18H14FN5O.C13H10FN3.C5H6N2O2.CH4/c1-20-15-9-13(8-14(19)10-15)7-12-3-4-17(21-11-12)22-18(25)16-5-6-24(2)23-16;1-16-12-6-10(5-11(14)7-12)4-9-2-3-13(15)17-8-9;1-7-3-2-4(6-7)5(8)9;/h3-6,8-11H,7H2,2H3,(H,21,22,25);2-3,5-8H,4H2,(H2,15,17);2-3H,1H3,(H,8,9);1H4. The van der Waals surface area contributed by atoms with Gasteiger partial charge in [-0.25, -0.2) is 33.2 Å². The molecule has 13 nitrogen and oxygen atoms in total. The van der Waals surface area contributed by atoms with Crippen molar-refractivity contribution >= 4 is 34.9 Å². The fourth-order valence-electron chi connectivity index (χ4n) is 4.46. The molecular weight excluding hydrogens is 670 g/mol. The molecule has 0 atom stereocenters. The fourth-order valence-corrected chi connectivity index (χ4v) is 4.46. The summed E-state index contributed by atoms with van der Waals surface area (Å²) in [4.78, 5) is 36.8. The molecular formula is C37H34F2N10O3. The highest BCUT2D eigenvalue weighted by molar-refractivity contribution is 6.02. The number of hydrogen-bond donors (Lipinski definition) is 3. The van der Waals surface area contributed by atoms with Crippen LogP contribution >= 0.6 is 0 Å². The Morgan fingerprint density at radius 2 is 1.25 bits per heavy atom. The Morgan fingerprint density at radius 3 is 1.63 bits per heavy atom. The third-order valence-electron chi connectivity index (χ3n) is 6.75. The van der Waals surface area contributed by atoms with Crippen molar-refractivity contribution in [1.29, 1.82) is 0 Å². The molecule has 2 aromatic carbocycles. The first-order chi connectivity index (χ1) is 24.4. The predicted molar refractivity (Wildman–Crippen MR) is 192 cm³/mol. The Balaban J connectivity index is 0.000000233. The first-order valence-electron chi connectivity index (χ1n) is 14.9. The summed E-state index contributed by atoms with van der Waals surface area (Å²) in [6.45, 7) is 13.9. The molecule has 0 aliphatic carbocycles. The molecule has 6 aromatic rings.